The van der Waals surface area contributed by atoms with Gasteiger partial charge in [0, 0.05) is 18.7 Å². The second-order valence-corrected chi connectivity index (χ2v) is 4.85. The van der Waals surface area contributed by atoms with Crippen molar-refractivity contribution in [2.75, 3.05) is 5.32 Å². The molecule has 6 heteroatoms. The maximum Gasteiger partial charge on any atom is 0.271 e. The predicted molar refractivity (Wildman–Crippen MR) is 78.0 cm³/mol. The van der Waals surface area contributed by atoms with Gasteiger partial charge in [-0.05, 0) is 36.6 Å². The summed E-state index contributed by atoms with van der Waals surface area (Å²) in [5, 5.41) is 23.2. The normalized spacial score (nSPS) is 10.4. The molecule has 2 aromatic carbocycles. The minimum absolute atomic E-state index is 0.0765. The molecule has 0 atom stereocenters. The number of aryl methyl sites for hydroxylation is 2. The molecule has 0 aliphatic heterocycles. The lowest BCUT2D eigenvalue weighted by atomic mass is 10.1. The highest BCUT2D eigenvalue weighted by molar-refractivity contribution is 5.53. The van der Waals surface area contributed by atoms with Crippen LogP contribution in [0.2, 0.25) is 0 Å². The first-order chi connectivity index (χ1) is 9.88. The van der Waals surface area contributed by atoms with Crippen LogP contribution in [0, 0.1) is 29.8 Å². The van der Waals surface area contributed by atoms with Crippen molar-refractivity contribution in [2.24, 2.45) is 0 Å². The Balaban J connectivity index is 2.20. The second-order valence-electron chi connectivity index (χ2n) is 4.85. The molecule has 0 aliphatic rings. The van der Waals surface area contributed by atoms with Crippen LogP contribution in [0.15, 0.2) is 30.3 Å². The van der Waals surface area contributed by atoms with Gasteiger partial charge in [0.1, 0.15) is 11.6 Å². The van der Waals surface area contributed by atoms with Crippen LogP contribution in [-0.4, -0.2) is 10.0 Å². The molecule has 110 valence electrons. The molecule has 0 aromatic heterocycles. The largest absolute Gasteiger partial charge is 0.507 e. The van der Waals surface area contributed by atoms with Crippen LogP contribution >= 0.6 is 0 Å². The summed E-state index contributed by atoms with van der Waals surface area (Å²) in [4.78, 5) is 10.1. The lowest BCUT2D eigenvalue weighted by molar-refractivity contribution is -0.384. The molecule has 0 unspecified atom stereocenters. The fourth-order valence-electron chi connectivity index (χ4n) is 2.11. The molecule has 2 N–H and O–H groups in total. The van der Waals surface area contributed by atoms with E-state index >= 15 is 0 Å². The number of rotatable bonds is 4. The summed E-state index contributed by atoms with van der Waals surface area (Å²) < 4.78 is 13.6. The van der Waals surface area contributed by atoms with Crippen LogP contribution in [0.4, 0.5) is 15.8 Å². The molecular weight excluding hydrogens is 275 g/mol. The van der Waals surface area contributed by atoms with Gasteiger partial charge in [-0.15, -0.1) is 0 Å². The molecule has 5 nitrogen and oxygen atoms in total. The van der Waals surface area contributed by atoms with E-state index in [0.717, 1.165) is 34.9 Å². The van der Waals surface area contributed by atoms with Gasteiger partial charge in [0.05, 0.1) is 10.6 Å². The van der Waals surface area contributed by atoms with E-state index in [4.69, 9.17) is 0 Å². The third kappa shape index (κ3) is 3.28. The van der Waals surface area contributed by atoms with Crippen LogP contribution in [0.1, 0.15) is 16.7 Å². The molecule has 2 rings (SSSR count). The van der Waals surface area contributed by atoms with E-state index in [2.05, 4.69) is 5.32 Å². The molecule has 0 radical (unpaired) electrons. The molecule has 21 heavy (non-hydrogen) atoms. The van der Waals surface area contributed by atoms with E-state index in [1.807, 2.05) is 0 Å². The van der Waals surface area contributed by atoms with E-state index in [0.29, 0.717) is 6.54 Å². The highest BCUT2D eigenvalue weighted by Gasteiger charge is 2.11. The minimum Gasteiger partial charge on any atom is -0.507 e. The number of nitro groups is 1. The highest BCUT2D eigenvalue weighted by atomic mass is 19.1. The van der Waals surface area contributed by atoms with Crippen molar-refractivity contribution in [1.82, 2.24) is 0 Å². The first-order valence-electron chi connectivity index (χ1n) is 6.35. The Morgan fingerprint density at radius 1 is 1.24 bits per heavy atom. The number of phenols is 1. The molecule has 2 aromatic rings. The molecule has 0 spiro atoms. The number of nitrogens with zero attached hydrogens (tertiary/aromatic N) is 1. The number of non-ortho nitro benzene ring substituents is 1. The maximum atomic E-state index is 13.6. The quantitative estimate of drug-likeness (QED) is 0.665. The van der Waals surface area contributed by atoms with Crippen molar-refractivity contribution in [1.29, 1.82) is 0 Å². The van der Waals surface area contributed by atoms with Crippen molar-refractivity contribution in [3.05, 3.63) is 63.0 Å². The summed E-state index contributed by atoms with van der Waals surface area (Å²) in [5.41, 5.74) is 2.22. The topological polar surface area (TPSA) is 75.4 Å². The minimum atomic E-state index is -0.570. The zero-order valence-corrected chi connectivity index (χ0v) is 11.7. The Morgan fingerprint density at radius 2 is 1.86 bits per heavy atom. The zero-order chi connectivity index (χ0) is 15.6. The van der Waals surface area contributed by atoms with Crippen LogP contribution in [-0.2, 0) is 6.54 Å². The number of nitrogens with one attached hydrogen (secondary N) is 1. The lowest BCUT2D eigenvalue weighted by Gasteiger charge is -2.10. The number of benzene rings is 2. The van der Waals surface area contributed by atoms with Gasteiger partial charge in [-0.2, -0.15) is 0 Å². The average molecular weight is 290 g/mol. The number of phenolic OH excluding ortho intramolecular Hbond substituents is 1. The van der Waals surface area contributed by atoms with Gasteiger partial charge in [-0.3, -0.25) is 10.1 Å². The van der Waals surface area contributed by atoms with Crippen molar-refractivity contribution in [3.8, 4) is 5.75 Å². The SMILES string of the molecule is Cc1cc(CNc2cc([N+](=O)[O-])ccc2F)cc(C)c1O. The summed E-state index contributed by atoms with van der Waals surface area (Å²) in [6.07, 6.45) is 0. The fourth-order valence-corrected chi connectivity index (χ4v) is 2.11. The Bertz CT molecular complexity index is 678. The van der Waals surface area contributed by atoms with Crippen LogP contribution in [0.5, 0.6) is 5.75 Å². The third-order valence-electron chi connectivity index (χ3n) is 3.19. The molecule has 0 saturated heterocycles. The molecule has 0 heterocycles. The summed E-state index contributed by atoms with van der Waals surface area (Å²) >= 11 is 0. The fraction of sp³-hybridized carbons (Fsp3) is 0.200. The van der Waals surface area contributed by atoms with Crippen molar-refractivity contribution < 1.29 is 14.4 Å². The predicted octanol–water partition coefficient (Wildman–Crippen LogP) is 3.67. The van der Waals surface area contributed by atoms with Gasteiger partial charge in [0.15, 0.2) is 0 Å². The van der Waals surface area contributed by atoms with Crippen LogP contribution in [0.25, 0.3) is 0 Å². The summed E-state index contributed by atoms with van der Waals surface area (Å²) in [7, 11) is 0. The number of hydrogen-bond acceptors (Lipinski definition) is 4. The lowest BCUT2D eigenvalue weighted by Crippen LogP contribution is -2.03. The second kappa shape index (κ2) is 5.78. The molecule has 0 fully saturated rings. The monoisotopic (exact) mass is 290 g/mol. The van der Waals surface area contributed by atoms with E-state index in [-0.39, 0.29) is 17.1 Å². The Hall–Kier alpha value is -2.63. The van der Waals surface area contributed by atoms with E-state index in [1.54, 1.807) is 26.0 Å². The van der Waals surface area contributed by atoms with Gasteiger partial charge < -0.3 is 10.4 Å². The first kappa shape index (κ1) is 14.8. The number of hydrogen-bond donors (Lipinski definition) is 2. The summed E-state index contributed by atoms with van der Waals surface area (Å²) in [6, 6.07) is 6.91. The van der Waals surface area contributed by atoms with Crippen LogP contribution in [0.3, 0.4) is 0 Å². The van der Waals surface area contributed by atoms with E-state index in [9.17, 15) is 19.6 Å². The summed E-state index contributed by atoms with van der Waals surface area (Å²) in [5.74, 6) is -0.312. The molecule has 0 bridgehead atoms. The van der Waals surface area contributed by atoms with Gasteiger partial charge in [-0.1, -0.05) is 12.1 Å². The zero-order valence-electron chi connectivity index (χ0n) is 11.7. The van der Waals surface area contributed by atoms with Gasteiger partial charge >= 0.3 is 0 Å². The summed E-state index contributed by atoms with van der Waals surface area (Å²) in [6.45, 7) is 3.86. The van der Waals surface area contributed by atoms with Crippen molar-refractivity contribution in [2.45, 2.75) is 20.4 Å². The standard InChI is InChI=1S/C15H15FN2O3/c1-9-5-11(6-10(2)15(9)19)8-17-14-7-12(18(20)21)3-4-13(14)16/h3-7,17,19H,8H2,1-2H3. The molecular formula is C15H15FN2O3. The van der Waals surface area contributed by atoms with Gasteiger partial charge in [0.2, 0.25) is 0 Å². The highest BCUT2D eigenvalue weighted by Crippen LogP contribution is 2.25. The molecule has 0 aliphatic carbocycles. The number of aromatic hydroxyl groups is 1. The average Bonchev–Trinajstić information content (AvgIpc) is 2.43. The van der Waals surface area contributed by atoms with Crippen molar-refractivity contribution >= 4 is 11.4 Å². The Morgan fingerprint density at radius 3 is 2.43 bits per heavy atom. The number of halogens is 1. The Labute approximate surface area is 121 Å². The smallest absolute Gasteiger partial charge is 0.271 e. The molecule has 0 amide bonds. The van der Waals surface area contributed by atoms with Crippen LogP contribution < -0.4 is 5.32 Å². The van der Waals surface area contributed by atoms with E-state index < -0.39 is 10.7 Å². The van der Waals surface area contributed by atoms with Gasteiger partial charge in [0.25, 0.3) is 5.69 Å². The van der Waals surface area contributed by atoms with E-state index in [1.165, 1.54) is 0 Å². The number of nitro benzene ring substituents is 1. The number of anilines is 1. The first-order valence-corrected chi connectivity index (χ1v) is 6.35. The van der Waals surface area contributed by atoms with Crippen molar-refractivity contribution in [3.63, 3.8) is 0 Å². The third-order valence-corrected chi connectivity index (χ3v) is 3.19. The maximum absolute atomic E-state index is 13.6. The Kier molecular flexibility index (Phi) is 4.07. The van der Waals surface area contributed by atoms with Gasteiger partial charge in [-0.25, -0.2) is 4.39 Å². The molecule has 0 saturated carbocycles.